The van der Waals surface area contributed by atoms with Gasteiger partial charge in [-0.2, -0.15) is 0 Å². The highest BCUT2D eigenvalue weighted by molar-refractivity contribution is 7.13. The van der Waals surface area contributed by atoms with Crippen LogP contribution in [0.15, 0.2) is 53.9 Å². The number of carbonyl (C=O) groups is 3. The van der Waals surface area contributed by atoms with Crippen molar-refractivity contribution in [2.45, 2.75) is 19.8 Å². The molecule has 34 heavy (non-hydrogen) atoms. The number of thiazole rings is 1. The van der Waals surface area contributed by atoms with Crippen LogP contribution in [0, 0.1) is 6.92 Å². The largest absolute Gasteiger partial charge is 0.346 e. The number of fused-ring (bicyclic) bond motifs is 1. The van der Waals surface area contributed by atoms with Gasteiger partial charge in [-0.3, -0.25) is 19.3 Å². The van der Waals surface area contributed by atoms with Gasteiger partial charge in [0.05, 0.1) is 16.8 Å². The lowest BCUT2D eigenvalue weighted by molar-refractivity contribution is 0.0655. The van der Waals surface area contributed by atoms with Crippen LogP contribution in [0.25, 0.3) is 0 Å². The zero-order chi connectivity index (χ0) is 23.7. The van der Waals surface area contributed by atoms with E-state index in [1.807, 2.05) is 47.5 Å². The summed E-state index contributed by atoms with van der Waals surface area (Å²) in [5.74, 6) is -0.728. The molecule has 3 aromatic rings. The van der Waals surface area contributed by atoms with E-state index in [2.05, 4.69) is 9.88 Å². The smallest absolute Gasteiger partial charge is 0.261 e. The van der Waals surface area contributed by atoms with E-state index in [1.165, 1.54) is 4.90 Å². The molecule has 2 aromatic carbocycles. The van der Waals surface area contributed by atoms with Crippen molar-refractivity contribution in [3.63, 3.8) is 0 Å². The van der Waals surface area contributed by atoms with Crippen molar-refractivity contribution in [1.29, 1.82) is 0 Å². The number of aryl methyl sites for hydroxylation is 1. The lowest BCUT2D eigenvalue weighted by atomic mass is 10.0. The summed E-state index contributed by atoms with van der Waals surface area (Å²) in [4.78, 5) is 49.0. The quantitative estimate of drug-likeness (QED) is 0.528. The lowest BCUT2D eigenvalue weighted by Crippen LogP contribution is -2.35. The van der Waals surface area contributed by atoms with Crippen molar-refractivity contribution in [3.05, 3.63) is 81.9 Å². The van der Waals surface area contributed by atoms with Gasteiger partial charge in [-0.05, 0) is 43.5 Å². The fourth-order valence-corrected chi connectivity index (χ4v) is 5.35. The molecule has 0 aliphatic carbocycles. The Bertz CT molecular complexity index is 1240. The minimum Gasteiger partial charge on any atom is -0.346 e. The third-order valence-electron chi connectivity index (χ3n) is 6.35. The van der Waals surface area contributed by atoms with Crippen molar-refractivity contribution in [3.8, 4) is 0 Å². The Morgan fingerprint density at radius 3 is 2.53 bits per heavy atom. The maximum Gasteiger partial charge on any atom is 0.261 e. The van der Waals surface area contributed by atoms with E-state index in [0.29, 0.717) is 49.3 Å². The molecule has 174 valence electrons. The van der Waals surface area contributed by atoms with Crippen molar-refractivity contribution in [1.82, 2.24) is 14.8 Å². The second-order valence-corrected chi connectivity index (χ2v) is 9.50. The maximum atomic E-state index is 13.3. The van der Waals surface area contributed by atoms with Crippen LogP contribution in [0.5, 0.6) is 0 Å². The Balaban J connectivity index is 1.27. The molecule has 3 heterocycles. The highest BCUT2D eigenvalue weighted by Gasteiger charge is 2.36. The SMILES string of the molecule is Cc1csc(N2CCCN(C(=O)c3ccc4c(c3)C(=O)N(CCc3ccccc3)C4=O)CC2)n1. The molecule has 1 aromatic heterocycles. The van der Waals surface area contributed by atoms with Crippen LogP contribution in [0.2, 0.25) is 0 Å². The molecule has 0 bridgehead atoms. The second-order valence-electron chi connectivity index (χ2n) is 8.66. The molecule has 3 amide bonds. The van der Waals surface area contributed by atoms with Gasteiger partial charge in [0.25, 0.3) is 17.7 Å². The number of amides is 3. The number of nitrogens with zero attached hydrogens (tertiary/aromatic N) is 4. The third-order valence-corrected chi connectivity index (χ3v) is 7.36. The first-order valence-corrected chi connectivity index (χ1v) is 12.4. The molecule has 1 saturated heterocycles. The van der Waals surface area contributed by atoms with Gasteiger partial charge in [-0.25, -0.2) is 4.98 Å². The van der Waals surface area contributed by atoms with Crippen molar-refractivity contribution in [2.75, 3.05) is 37.6 Å². The van der Waals surface area contributed by atoms with Gasteiger partial charge in [0.1, 0.15) is 0 Å². The summed E-state index contributed by atoms with van der Waals surface area (Å²) in [6, 6.07) is 14.7. The number of hydrogen-bond donors (Lipinski definition) is 0. The van der Waals surface area contributed by atoms with E-state index in [-0.39, 0.29) is 17.7 Å². The normalized spacial score (nSPS) is 16.1. The molecule has 2 aliphatic rings. The first-order chi connectivity index (χ1) is 16.5. The van der Waals surface area contributed by atoms with E-state index in [4.69, 9.17) is 0 Å². The standard InChI is InChI=1S/C26H26N4O3S/c1-18-17-34-26(27-18)29-12-5-11-28(14-15-29)23(31)20-8-9-21-22(16-20)25(33)30(24(21)32)13-10-19-6-3-2-4-7-19/h2-4,6-9,16-17H,5,10-15H2,1H3. The summed E-state index contributed by atoms with van der Waals surface area (Å²) in [6.07, 6.45) is 1.45. The summed E-state index contributed by atoms with van der Waals surface area (Å²) >= 11 is 1.63. The molecule has 1 fully saturated rings. The molecule has 8 heteroatoms. The molecule has 5 rings (SSSR count). The van der Waals surface area contributed by atoms with E-state index < -0.39 is 0 Å². The Kier molecular flexibility index (Phi) is 6.15. The van der Waals surface area contributed by atoms with E-state index in [1.54, 1.807) is 29.5 Å². The number of anilines is 1. The van der Waals surface area contributed by atoms with Crippen LogP contribution in [-0.2, 0) is 6.42 Å². The number of carbonyl (C=O) groups excluding carboxylic acids is 3. The highest BCUT2D eigenvalue weighted by Crippen LogP contribution is 2.26. The zero-order valence-corrected chi connectivity index (χ0v) is 19.9. The first kappa shape index (κ1) is 22.3. The van der Waals surface area contributed by atoms with Gasteiger partial charge in [0, 0.05) is 43.7 Å². The monoisotopic (exact) mass is 474 g/mol. The van der Waals surface area contributed by atoms with Gasteiger partial charge >= 0.3 is 0 Å². The molecule has 0 N–H and O–H groups in total. The average Bonchev–Trinajstić information content (AvgIpc) is 3.27. The number of aromatic nitrogens is 1. The van der Waals surface area contributed by atoms with Crippen molar-refractivity contribution in [2.24, 2.45) is 0 Å². The fraction of sp³-hybridized carbons (Fsp3) is 0.308. The number of imide groups is 1. The summed E-state index contributed by atoms with van der Waals surface area (Å²) < 4.78 is 0. The Morgan fingerprint density at radius 1 is 0.971 bits per heavy atom. The number of rotatable bonds is 5. The molecule has 0 atom stereocenters. The van der Waals surface area contributed by atoms with Gasteiger partial charge in [-0.1, -0.05) is 30.3 Å². The Labute approximate surface area is 202 Å². The minimum absolute atomic E-state index is 0.108. The van der Waals surface area contributed by atoms with Gasteiger partial charge in [-0.15, -0.1) is 11.3 Å². The number of hydrogen-bond acceptors (Lipinski definition) is 6. The molecule has 0 spiro atoms. The van der Waals surface area contributed by atoms with Crippen molar-refractivity contribution < 1.29 is 14.4 Å². The first-order valence-electron chi connectivity index (χ1n) is 11.5. The summed E-state index contributed by atoms with van der Waals surface area (Å²) in [5, 5.41) is 3.03. The summed E-state index contributed by atoms with van der Waals surface area (Å²) in [7, 11) is 0. The Morgan fingerprint density at radius 2 is 1.76 bits per heavy atom. The average molecular weight is 475 g/mol. The fourth-order valence-electron chi connectivity index (χ4n) is 4.49. The zero-order valence-electron chi connectivity index (χ0n) is 19.1. The van der Waals surface area contributed by atoms with Crippen LogP contribution < -0.4 is 4.90 Å². The molecule has 0 unspecified atom stereocenters. The van der Waals surface area contributed by atoms with E-state index in [0.717, 1.165) is 29.4 Å². The second kappa shape index (κ2) is 9.38. The van der Waals surface area contributed by atoms with Gasteiger partial charge in [0.15, 0.2) is 5.13 Å². The minimum atomic E-state index is -0.327. The van der Waals surface area contributed by atoms with Crippen LogP contribution in [-0.4, -0.2) is 65.2 Å². The van der Waals surface area contributed by atoms with Crippen LogP contribution >= 0.6 is 11.3 Å². The molecule has 7 nitrogen and oxygen atoms in total. The molecule has 0 saturated carbocycles. The third kappa shape index (κ3) is 4.33. The van der Waals surface area contributed by atoms with Crippen LogP contribution in [0.1, 0.15) is 48.8 Å². The molecule has 2 aliphatic heterocycles. The number of benzene rings is 2. The summed E-state index contributed by atoms with van der Waals surface area (Å²) in [6.45, 7) is 5.10. The van der Waals surface area contributed by atoms with E-state index >= 15 is 0 Å². The Hall–Kier alpha value is -3.52. The topological polar surface area (TPSA) is 73.8 Å². The molecule has 0 radical (unpaired) electrons. The predicted molar refractivity (Wildman–Crippen MR) is 132 cm³/mol. The van der Waals surface area contributed by atoms with Crippen LogP contribution in [0.4, 0.5) is 5.13 Å². The van der Waals surface area contributed by atoms with Crippen molar-refractivity contribution >= 4 is 34.2 Å². The molecular formula is C26H26N4O3S. The highest BCUT2D eigenvalue weighted by atomic mass is 32.1. The maximum absolute atomic E-state index is 13.3. The molecular weight excluding hydrogens is 448 g/mol. The van der Waals surface area contributed by atoms with Gasteiger partial charge < -0.3 is 9.80 Å². The predicted octanol–water partition coefficient (Wildman–Crippen LogP) is 3.64. The van der Waals surface area contributed by atoms with Crippen LogP contribution in [0.3, 0.4) is 0 Å². The lowest BCUT2D eigenvalue weighted by Gasteiger charge is -2.22. The van der Waals surface area contributed by atoms with E-state index in [9.17, 15) is 14.4 Å². The van der Waals surface area contributed by atoms with Gasteiger partial charge in [0.2, 0.25) is 0 Å². The summed E-state index contributed by atoms with van der Waals surface area (Å²) in [5.41, 5.74) is 3.21.